The molecule has 2 aromatic rings. The van der Waals surface area contributed by atoms with Crippen molar-refractivity contribution in [1.82, 2.24) is 5.43 Å². The van der Waals surface area contributed by atoms with E-state index >= 15 is 0 Å². The summed E-state index contributed by atoms with van der Waals surface area (Å²) in [5.74, 6) is -0.131. The van der Waals surface area contributed by atoms with Crippen molar-refractivity contribution >= 4 is 39.6 Å². The largest absolute Gasteiger partial charge is 0.490 e. The Bertz CT molecular complexity index is 866. The minimum absolute atomic E-state index is 0.0746. The molecule has 0 heterocycles. The predicted molar refractivity (Wildman–Crippen MR) is 115 cm³/mol. The number of hydrazone groups is 1. The zero-order chi connectivity index (χ0) is 20.5. The summed E-state index contributed by atoms with van der Waals surface area (Å²) in [6, 6.07) is 13.0. The quantitative estimate of drug-likeness (QED) is 0.361. The number of anilines is 1. The smallest absolute Gasteiger partial charge is 0.249 e. The summed E-state index contributed by atoms with van der Waals surface area (Å²) in [7, 11) is 0. The first-order valence-electron chi connectivity index (χ1n) is 9.05. The zero-order valence-electron chi connectivity index (χ0n) is 16.2. The first kappa shape index (κ1) is 21.6. The number of ether oxygens (including phenoxy) is 1. The minimum atomic E-state index is -0.485. The number of carbonyl (C=O) groups excluding carboxylic acids is 2. The number of nitrogens with one attached hydrogen (secondary N) is 2. The summed E-state index contributed by atoms with van der Waals surface area (Å²) in [6.07, 6.45) is 2.07. The Kier molecular flexibility index (Phi) is 8.19. The standard InChI is InChI=1S/C21H24BrN3O3/c1-4-16-7-5-6-8-18(16)24-20(26)12-21(27)25-23-13-15-9-10-19(17(22)11-15)28-14(2)3/h5-11,13-14H,4,12H2,1-3H3,(H,24,26)(H,25,27). The highest BCUT2D eigenvalue weighted by Gasteiger charge is 2.10. The molecule has 2 amide bonds. The molecule has 0 aliphatic carbocycles. The second kappa shape index (κ2) is 10.6. The van der Waals surface area contributed by atoms with Gasteiger partial charge in [0, 0.05) is 5.69 Å². The molecule has 0 saturated carbocycles. The Morgan fingerprint density at radius 2 is 1.93 bits per heavy atom. The zero-order valence-corrected chi connectivity index (χ0v) is 17.7. The lowest BCUT2D eigenvalue weighted by Gasteiger charge is -2.11. The van der Waals surface area contributed by atoms with Crippen LogP contribution in [0.5, 0.6) is 5.75 Å². The number of hydrogen-bond acceptors (Lipinski definition) is 4. The Balaban J connectivity index is 1.86. The number of amides is 2. The van der Waals surface area contributed by atoms with Crippen LogP contribution in [-0.4, -0.2) is 24.1 Å². The van der Waals surface area contributed by atoms with E-state index in [4.69, 9.17) is 4.74 Å². The van der Waals surface area contributed by atoms with Crippen LogP contribution in [0.15, 0.2) is 52.0 Å². The minimum Gasteiger partial charge on any atom is -0.490 e. The fourth-order valence-electron chi connectivity index (χ4n) is 2.46. The van der Waals surface area contributed by atoms with Gasteiger partial charge >= 0.3 is 0 Å². The number of nitrogens with zero attached hydrogens (tertiary/aromatic N) is 1. The summed E-state index contributed by atoms with van der Waals surface area (Å²) < 4.78 is 6.44. The number of halogens is 1. The molecule has 2 rings (SSSR count). The van der Waals surface area contributed by atoms with Crippen LogP contribution in [0, 0.1) is 0 Å². The van der Waals surface area contributed by atoms with E-state index in [0.717, 1.165) is 33.5 Å². The number of aryl methyl sites for hydroxylation is 1. The van der Waals surface area contributed by atoms with Crippen molar-refractivity contribution < 1.29 is 14.3 Å². The van der Waals surface area contributed by atoms with E-state index in [1.54, 1.807) is 0 Å². The summed E-state index contributed by atoms with van der Waals surface area (Å²) in [6.45, 7) is 5.91. The molecule has 0 spiro atoms. The second-order valence-corrected chi connectivity index (χ2v) is 7.24. The Morgan fingerprint density at radius 3 is 2.61 bits per heavy atom. The molecular formula is C21H24BrN3O3. The van der Waals surface area contributed by atoms with Crippen molar-refractivity contribution in [2.75, 3.05) is 5.32 Å². The molecule has 0 aliphatic heterocycles. The number of hydrogen-bond donors (Lipinski definition) is 2. The van der Waals surface area contributed by atoms with E-state index in [-0.39, 0.29) is 18.4 Å². The molecule has 2 aromatic carbocycles. The summed E-state index contributed by atoms with van der Waals surface area (Å²) in [5, 5.41) is 6.66. The van der Waals surface area contributed by atoms with Crippen molar-refractivity contribution in [2.24, 2.45) is 5.10 Å². The van der Waals surface area contributed by atoms with E-state index in [1.807, 2.05) is 63.2 Å². The molecule has 0 radical (unpaired) electrons. The molecule has 28 heavy (non-hydrogen) atoms. The summed E-state index contributed by atoms with van der Waals surface area (Å²) in [4.78, 5) is 24.0. The topological polar surface area (TPSA) is 79.8 Å². The van der Waals surface area contributed by atoms with Gasteiger partial charge in [0.2, 0.25) is 11.8 Å². The molecule has 0 bridgehead atoms. The van der Waals surface area contributed by atoms with Crippen molar-refractivity contribution in [3.8, 4) is 5.75 Å². The molecule has 0 unspecified atom stereocenters. The number of carbonyl (C=O) groups is 2. The van der Waals surface area contributed by atoms with E-state index in [0.29, 0.717) is 0 Å². The molecule has 0 atom stereocenters. The first-order valence-corrected chi connectivity index (χ1v) is 9.84. The van der Waals surface area contributed by atoms with Gasteiger partial charge in [-0.05, 0) is 71.6 Å². The van der Waals surface area contributed by atoms with Gasteiger partial charge in [-0.2, -0.15) is 5.10 Å². The molecule has 0 aliphatic rings. The molecule has 6 nitrogen and oxygen atoms in total. The Hall–Kier alpha value is -2.67. The van der Waals surface area contributed by atoms with E-state index in [2.05, 4.69) is 31.8 Å². The third-order valence-corrected chi connectivity index (χ3v) is 4.33. The van der Waals surface area contributed by atoms with Crippen molar-refractivity contribution in [1.29, 1.82) is 0 Å². The van der Waals surface area contributed by atoms with Gasteiger partial charge in [0.15, 0.2) is 0 Å². The van der Waals surface area contributed by atoms with Crippen LogP contribution in [0.1, 0.15) is 38.3 Å². The lowest BCUT2D eigenvalue weighted by Crippen LogP contribution is -2.25. The highest BCUT2D eigenvalue weighted by Crippen LogP contribution is 2.26. The monoisotopic (exact) mass is 445 g/mol. The molecule has 0 fully saturated rings. The van der Waals surface area contributed by atoms with Gasteiger partial charge in [-0.3, -0.25) is 9.59 Å². The SMILES string of the molecule is CCc1ccccc1NC(=O)CC(=O)NN=Cc1ccc(OC(C)C)c(Br)c1. The Morgan fingerprint density at radius 1 is 1.18 bits per heavy atom. The normalized spacial score (nSPS) is 10.9. The average Bonchev–Trinajstić information content (AvgIpc) is 2.64. The third kappa shape index (κ3) is 6.81. The van der Waals surface area contributed by atoms with Gasteiger partial charge < -0.3 is 10.1 Å². The maximum atomic E-state index is 12.1. The fourth-order valence-corrected chi connectivity index (χ4v) is 2.95. The highest BCUT2D eigenvalue weighted by molar-refractivity contribution is 9.10. The van der Waals surface area contributed by atoms with Gasteiger partial charge in [0.05, 0.1) is 16.8 Å². The summed E-state index contributed by atoms with van der Waals surface area (Å²) in [5.41, 5.74) is 4.89. The highest BCUT2D eigenvalue weighted by atomic mass is 79.9. The Labute approximate surface area is 173 Å². The van der Waals surface area contributed by atoms with Crippen LogP contribution in [0.3, 0.4) is 0 Å². The number of benzene rings is 2. The van der Waals surface area contributed by atoms with E-state index in [1.165, 1.54) is 6.21 Å². The molecule has 2 N–H and O–H groups in total. The van der Waals surface area contributed by atoms with Gasteiger partial charge in [-0.1, -0.05) is 25.1 Å². The van der Waals surface area contributed by atoms with Crippen LogP contribution in [0.2, 0.25) is 0 Å². The molecule has 0 saturated heterocycles. The van der Waals surface area contributed by atoms with Crippen LogP contribution < -0.4 is 15.5 Å². The number of para-hydroxylation sites is 1. The van der Waals surface area contributed by atoms with Crippen LogP contribution >= 0.6 is 15.9 Å². The van der Waals surface area contributed by atoms with E-state index < -0.39 is 5.91 Å². The first-order chi connectivity index (χ1) is 13.4. The van der Waals surface area contributed by atoms with Crippen LogP contribution in [-0.2, 0) is 16.0 Å². The van der Waals surface area contributed by atoms with Gasteiger partial charge in [-0.25, -0.2) is 5.43 Å². The van der Waals surface area contributed by atoms with Gasteiger partial charge in [0.25, 0.3) is 0 Å². The number of rotatable bonds is 8. The second-order valence-electron chi connectivity index (χ2n) is 6.39. The molecule has 0 aromatic heterocycles. The van der Waals surface area contributed by atoms with Gasteiger partial charge in [0.1, 0.15) is 12.2 Å². The lowest BCUT2D eigenvalue weighted by molar-refractivity contribution is -0.126. The molecule has 7 heteroatoms. The molecule has 148 valence electrons. The molecular weight excluding hydrogens is 422 g/mol. The van der Waals surface area contributed by atoms with Crippen molar-refractivity contribution in [2.45, 2.75) is 39.7 Å². The maximum Gasteiger partial charge on any atom is 0.249 e. The van der Waals surface area contributed by atoms with Crippen LogP contribution in [0.25, 0.3) is 0 Å². The third-order valence-electron chi connectivity index (χ3n) is 3.71. The maximum absolute atomic E-state index is 12.1. The van der Waals surface area contributed by atoms with E-state index in [9.17, 15) is 9.59 Å². The fraction of sp³-hybridized carbons (Fsp3) is 0.286. The lowest BCUT2D eigenvalue weighted by atomic mass is 10.1. The van der Waals surface area contributed by atoms with Crippen LogP contribution in [0.4, 0.5) is 5.69 Å². The average molecular weight is 446 g/mol. The van der Waals surface area contributed by atoms with Crippen molar-refractivity contribution in [3.63, 3.8) is 0 Å². The summed E-state index contributed by atoms with van der Waals surface area (Å²) >= 11 is 3.45. The predicted octanol–water partition coefficient (Wildman–Crippen LogP) is 4.28. The van der Waals surface area contributed by atoms with Gasteiger partial charge in [-0.15, -0.1) is 0 Å². The van der Waals surface area contributed by atoms with Crippen molar-refractivity contribution in [3.05, 3.63) is 58.1 Å².